The van der Waals surface area contributed by atoms with Crippen LogP contribution in [0.2, 0.25) is 0 Å². The van der Waals surface area contributed by atoms with E-state index < -0.39 is 15.8 Å². The van der Waals surface area contributed by atoms with Gasteiger partial charge in [-0.3, -0.25) is 9.97 Å². The molecule has 0 saturated carbocycles. The van der Waals surface area contributed by atoms with E-state index in [1.807, 2.05) is 24.3 Å². The van der Waals surface area contributed by atoms with Gasteiger partial charge in [0.15, 0.2) is 0 Å². The zero-order valence-electron chi connectivity index (χ0n) is 22.3. The maximum atomic E-state index is 4.90. The summed E-state index contributed by atoms with van der Waals surface area (Å²) in [6, 6.07) is 52.0. The third-order valence-corrected chi connectivity index (χ3v) is 13.4. The summed E-state index contributed by atoms with van der Waals surface area (Å²) in [4.78, 5) is 8.25. The number of aromatic nitrogens is 2. The number of para-hydroxylation sites is 2. The number of rotatable bonds is 7. The minimum atomic E-state index is -0.783. The first-order chi connectivity index (χ1) is 19.7. The van der Waals surface area contributed by atoms with E-state index in [-0.39, 0.29) is 16.5 Å². The van der Waals surface area contributed by atoms with E-state index in [0.29, 0.717) is 10.1 Å². The standard InChI is InChI=1S/C26H24P2.C8H6N2S2.Ni/c1-5-13-23(14-6-1)27(24-15-7-2-8-16-24)21-22-28(25-17-9-3-10-18-25)26-19-11-4-12-20-26;11-7-8(12)10-6-4-2-1-3-5(6)9-7;/h1-20H,21-22H2;1-4H,(H,9,11)(H,10,12);/q;;+2. The molecule has 0 fully saturated rings. The van der Waals surface area contributed by atoms with Crippen LogP contribution in [0.1, 0.15) is 0 Å². The second-order valence-electron chi connectivity index (χ2n) is 9.24. The molecule has 6 aromatic rings. The van der Waals surface area contributed by atoms with Crippen molar-refractivity contribution in [1.82, 2.24) is 9.97 Å². The average Bonchev–Trinajstić information content (AvgIpc) is 3.02. The normalized spacial score (nSPS) is 10.6. The quantitative estimate of drug-likeness (QED) is 0.118. The molecule has 0 amide bonds. The van der Waals surface area contributed by atoms with E-state index in [9.17, 15) is 0 Å². The predicted octanol–water partition coefficient (Wildman–Crippen LogP) is 6.16. The Hall–Kier alpha value is -2.77. The molecule has 0 aliphatic rings. The van der Waals surface area contributed by atoms with E-state index in [4.69, 9.17) is 25.3 Å². The molecule has 0 N–H and O–H groups in total. The second kappa shape index (κ2) is 16.0. The molecule has 0 aliphatic carbocycles. The van der Waals surface area contributed by atoms with Gasteiger partial charge in [-0.15, -0.1) is 0 Å². The number of nitrogens with zero attached hydrogens (tertiary/aromatic N) is 2. The van der Waals surface area contributed by atoms with Crippen molar-refractivity contribution < 1.29 is 16.5 Å². The largest absolute Gasteiger partial charge is 2.00 e. The molecule has 41 heavy (non-hydrogen) atoms. The molecular weight excluding hydrogens is 621 g/mol. The van der Waals surface area contributed by atoms with E-state index >= 15 is 0 Å². The molecule has 2 nitrogen and oxygen atoms in total. The van der Waals surface area contributed by atoms with Crippen LogP contribution in [0.5, 0.6) is 0 Å². The van der Waals surface area contributed by atoms with E-state index in [1.54, 1.807) is 0 Å². The van der Waals surface area contributed by atoms with Crippen LogP contribution in [0.4, 0.5) is 0 Å². The Morgan fingerprint density at radius 1 is 0.390 bits per heavy atom. The molecule has 0 saturated heterocycles. The summed E-state index contributed by atoms with van der Waals surface area (Å²) in [5.41, 5.74) is 1.60. The SMILES string of the molecule is [Ni+2].[S-]c1nc2ccccc2nc1[S-].c1ccc([PH+](CC[PH+](c2ccccc2)c2ccccc2)c2ccccc2)cc1. The number of fused-ring (bicyclic) bond motifs is 1. The molecule has 6 rings (SSSR count). The number of hydrogen-bond donors (Lipinski definition) is 0. The van der Waals surface area contributed by atoms with E-state index in [0.717, 1.165) is 11.0 Å². The molecular formula is C34H30N2NiP2S2+2. The van der Waals surface area contributed by atoms with Gasteiger partial charge in [0.2, 0.25) is 0 Å². The summed E-state index contributed by atoms with van der Waals surface area (Å²) in [7, 11) is -1.57. The molecule has 5 aromatic carbocycles. The summed E-state index contributed by atoms with van der Waals surface area (Å²) in [5, 5.41) is 6.87. The van der Waals surface area contributed by atoms with Crippen molar-refractivity contribution in [3.05, 3.63) is 146 Å². The fourth-order valence-electron chi connectivity index (χ4n) is 4.69. The maximum Gasteiger partial charge on any atom is 2.00 e. The molecule has 0 atom stereocenters. The molecule has 7 heteroatoms. The summed E-state index contributed by atoms with van der Waals surface area (Å²) in [6.07, 6.45) is 2.52. The van der Waals surface area contributed by atoms with Gasteiger partial charge in [-0.1, -0.05) is 95.0 Å². The first kappa shape index (κ1) is 31.2. The van der Waals surface area contributed by atoms with Crippen LogP contribution in [0.25, 0.3) is 11.0 Å². The summed E-state index contributed by atoms with van der Waals surface area (Å²) in [6.45, 7) is 0. The van der Waals surface area contributed by atoms with Crippen LogP contribution in [-0.2, 0) is 41.7 Å². The molecule has 0 bridgehead atoms. The van der Waals surface area contributed by atoms with Gasteiger partial charge in [0.25, 0.3) is 0 Å². The van der Waals surface area contributed by atoms with Crippen molar-refractivity contribution in [3.63, 3.8) is 0 Å². The van der Waals surface area contributed by atoms with Crippen LogP contribution in [0.15, 0.2) is 156 Å². The van der Waals surface area contributed by atoms with E-state index in [1.165, 1.54) is 33.5 Å². The Kier molecular flexibility index (Phi) is 12.2. The van der Waals surface area contributed by atoms with Crippen molar-refractivity contribution in [2.75, 3.05) is 12.3 Å². The molecule has 1 heterocycles. The molecule has 0 spiro atoms. The predicted molar refractivity (Wildman–Crippen MR) is 181 cm³/mol. The first-order valence-corrected chi connectivity index (χ1v) is 17.5. The Balaban J connectivity index is 0.000000249. The van der Waals surface area contributed by atoms with Gasteiger partial charge in [-0.2, -0.15) is 0 Å². The minimum Gasteiger partial charge on any atom is -0.760 e. The van der Waals surface area contributed by atoms with Crippen LogP contribution < -0.4 is 21.2 Å². The van der Waals surface area contributed by atoms with Crippen LogP contribution >= 0.6 is 15.8 Å². The van der Waals surface area contributed by atoms with Gasteiger partial charge in [-0.25, -0.2) is 0 Å². The van der Waals surface area contributed by atoms with Gasteiger partial charge in [0.1, 0.15) is 12.3 Å². The Morgan fingerprint density at radius 3 is 0.902 bits per heavy atom. The van der Waals surface area contributed by atoms with Gasteiger partial charge in [-0.05, 0) is 60.7 Å². The van der Waals surface area contributed by atoms with Gasteiger partial charge in [0, 0.05) is 0 Å². The van der Waals surface area contributed by atoms with Crippen molar-refractivity contribution >= 4 is 73.4 Å². The molecule has 1 aromatic heterocycles. The van der Waals surface area contributed by atoms with Crippen LogP contribution in [-0.4, -0.2) is 22.3 Å². The first-order valence-electron chi connectivity index (χ1n) is 13.2. The minimum absolute atomic E-state index is 0. The van der Waals surface area contributed by atoms with E-state index in [2.05, 4.69) is 131 Å². The van der Waals surface area contributed by atoms with Crippen LogP contribution in [0.3, 0.4) is 0 Å². The van der Waals surface area contributed by atoms with Gasteiger partial charge < -0.3 is 25.3 Å². The van der Waals surface area contributed by atoms with Gasteiger partial charge in [0.05, 0.1) is 48.1 Å². The monoisotopic (exact) mass is 650 g/mol. The van der Waals surface area contributed by atoms with Gasteiger partial charge >= 0.3 is 16.5 Å². The Labute approximate surface area is 266 Å². The third-order valence-electron chi connectivity index (χ3n) is 6.62. The summed E-state index contributed by atoms with van der Waals surface area (Å²) in [5.74, 6) is 0. The smallest absolute Gasteiger partial charge is 0.760 e. The molecule has 0 unspecified atom stereocenters. The molecule has 0 radical (unpaired) electrons. The second-order valence-corrected chi connectivity index (χ2v) is 15.2. The zero-order chi connectivity index (χ0) is 27.6. The number of hydrogen-bond acceptors (Lipinski definition) is 4. The fourth-order valence-corrected chi connectivity index (χ4v) is 11.2. The zero-order valence-corrected chi connectivity index (χ0v) is 26.9. The van der Waals surface area contributed by atoms with Crippen molar-refractivity contribution in [2.24, 2.45) is 0 Å². The number of benzene rings is 5. The van der Waals surface area contributed by atoms with Crippen LogP contribution in [0, 0.1) is 0 Å². The summed E-state index contributed by atoms with van der Waals surface area (Å²) >= 11 is 9.81. The average molecular weight is 651 g/mol. The van der Waals surface area contributed by atoms with Crippen molar-refractivity contribution in [3.8, 4) is 0 Å². The fraction of sp³-hybridized carbons (Fsp3) is 0.0588. The Morgan fingerprint density at radius 2 is 0.634 bits per heavy atom. The third kappa shape index (κ3) is 8.62. The summed E-state index contributed by atoms with van der Waals surface area (Å²) < 4.78 is 0. The molecule has 0 aliphatic heterocycles. The molecule has 206 valence electrons. The maximum absolute atomic E-state index is 4.90. The Bertz CT molecular complexity index is 1420. The topological polar surface area (TPSA) is 25.8 Å². The van der Waals surface area contributed by atoms with Crippen molar-refractivity contribution in [1.29, 1.82) is 0 Å². The van der Waals surface area contributed by atoms with Crippen molar-refractivity contribution in [2.45, 2.75) is 10.1 Å².